The summed E-state index contributed by atoms with van der Waals surface area (Å²) in [7, 11) is 0. The molecule has 0 spiro atoms. The molecule has 0 unspecified atom stereocenters. The van der Waals surface area contributed by atoms with Crippen molar-refractivity contribution in [2.45, 2.75) is 13.3 Å². The summed E-state index contributed by atoms with van der Waals surface area (Å²) >= 11 is 0. The first-order chi connectivity index (χ1) is 9.26. The number of nitrogens with one attached hydrogen (secondary N) is 1. The summed E-state index contributed by atoms with van der Waals surface area (Å²) in [4.78, 5) is 11.9. The molecule has 0 fully saturated rings. The fraction of sp³-hybridized carbons (Fsp3) is 0.231. The summed E-state index contributed by atoms with van der Waals surface area (Å²) in [6.45, 7) is 2.14. The molecule has 1 amide bonds. The minimum atomic E-state index is -0.342. The van der Waals surface area contributed by atoms with E-state index in [0.717, 1.165) is 12.1 Å². The van der Waals surface area contributed by atoms with Crippen LogP contribution < -0.4 is 14.8 Å². The zero-order valence-corrected chi connectivity index (χ0v) is 10.3. The Kier molecular flexibility index (Phi) is 2.83. The molecule has 98 valence electrons. The maximum absolute atomic E-state index is 11.9. The average molecular weight is 260 g/mol. The number of anilines is 1. The Labute approximate surface area is 109 Å². The van der Waals surface area contributed by atoms with Crippen LogP contribution in [-0.4, -0.2) is 17.9 Å². The molecule has 2 aromatic rings. The minimum absolute atomic E-state index is 0.189. The number of hydrogen-bond acceptors (Lipinski definition) is 5. The molecule has 1 N–H and O–H groups in total. The third-order valence-corrected chi connectivity index (χ3v) is 2.78. The quantitative estimate of drug-likeness (QED) is 0.915. The van der Waals surface area contributed by atoms with Crippen molar-refractivity contribution in [2.24, 2.45) is 0 Å². The summed E-state index contributed by atoms with van der Waals surface area (Å²) in [5, 5.41) is 6.49. The number of nitrogens with zero attached hydrogens (tertiary/aromatic N) is 1. The van der Waals surface area contributed by atoms with Crippen LogP contribution in [0, 0.1) is 0 Å². The highest BCUT2D eigenvalue weighted by Crippen LogP contribution is 2.34. The zero-order valence-electron chi connectivity index (χ0n) is 10.3. The van der Waals surface area contributed by atoms with Crippen LogP contribution in [0.3, 0.4) is 0 Å². The molecule has 3 rings (SSSR count). The normalized spacial score (nSPS) is 12.5. The topological polar surface area (TPSA) is 73.6 Å². The predicted molar refractivity (Wildman–Crippen MR) is 66.4 cm³/mol. The Morgan fingerprint density at radius 3 is 2.95 bits per heavy atom. The number of ether oxygens (including phenoxy) is 2. The van der Waals surface area contributed by atoms with Gasteiger partial charge in [0.1, 0.15) is 0 Å². The first kappa shape index (κ1) is 11.6. The molecule has 0 radical (unpaired) electrons. The highest BCUT2D eigenvalue weighted by molar-refractivity contribution is 6.02. The number of carbonyl (C=O) groups excluding carboxylic acids is 1. The van der Waals surface area contributed by atoms with Gasteiger partial charge in [0.05, 0.1) is 5.69 Å². The lowest BCUT2D eigenvalue weighted by Crippen LogP contribution is -2.10. The van der Waals surface area contributed by atoms with Crippen molar-refractivity contribution < 1.29 is 18.8 Å². The van der Waals surface area contributed by atoms with Crippen LogP contribution in [0.15, 0.2) is 28.8 Å². The molecule has 1 aromatic carbocycles. The summed E-state index contributed by atoms with van der Waals surface area (Å²) in [5.41, 5.74) is 1.36. The Bertz CT molecular complexity index is 621. The molecular weight excluding hydrogens is 248 g/mol. The van der Waals surface area contributed by atoms with Crippen molar-refractivity contribution in [2.75, 3.05) is 12.1 Å². The van der Waals surface area contributed by atoms with Crippen molar-refractivity contribution in [1.29, 1.82) is 0 Å². The van der Waals surface area contributed by atoms with Crippen molar-refractivity contribution in [1.82, 2.24) is 5.16 Å². The average Bonchev–Trinajstić information content (AvgIpc) is 3.06. The van der Waals surface area contributed by atoms with Gasteiger partial charge in [0.2, 0.25) is 12.6 Å². The molecule has 0 aliphatic carbocycles. The highest BCUT2D eigenvalue weighted by atomic mass is 16.7. The van der Waals surface area contributed by atoms with E-state index < -0.39 is 0 Å². The highest BCUT2D eigenvalue weighted by Gasteiger charge is 2.16. The smallest absolute Gasteiger partial charge is 0.294 e. The third-order valence-electron chi connectivity index (χ3n) is 2.78. The Hall–Kier alpha value is -2.50. The van der Waals surface area contributed by atoms with Crippen LogP contribution in [0.1, 0.15) is 23.2 Å². The Morgan fingerprint density at radius 1 is 1.32 bits per heavy atom. The fourth-order valence-corrected chi connectivity index (χ4v) is 1.75. The van der Waals surface area contributed by atoms with E-state index in [1.54, 1.807) is 24.3 Å². The van der Waals surface area contributed by atoms with Gasteiger partial charge in [-0.2, -0.15) is 0 Å². The number of aryl methyl sites for hydroxylation is 1. The van der Waals surface area contributed by atoms with Gasteiger partial charge in [0, 0.05) is 17.8 Å². The maximum Gasteiger partial charge on any atom is 0.294 e. The number of benzene rings is 1. The van der Waals surface area contributed by atoms with E-state index in [9.17, 15) is 4.79 Å². The maximum atomic E-state index is 11.9. The lowest BCUT2D eigenvalue weighted by Gasteiger charge is -2.03. The van der Waals surface area contributed by atoms with E-state index in [-0.39, 0.29) is 18.5 Å². The second kappa shape index (κ2) is 4.64. The van der Waals surface area contributed by atoms with Crippen molar-refractivity contribution in [3.8, 4) is 11.5 Å². The monoisotopic (exact) mass is 260 g/mol. The molecule has 0 atom stereocenters. The second-order valence-electron chi connectivity index (χ2n) is 4.06. The lowest BCUT2D eigenvalue weighted by molar-refractivity contribution is 0.0988. The van der Waals surface area contributed by atoms with Gasteiger partial charge in [-0.15, -0.1) is 0 Å². The van der Waals surface area contributed by atoms with E-state index in [2.05, 4.69) is 10.5 Å². The van der Waals surface area contributed by atoms with E-state index in [1.165, 1.54) is 0 Å². The standard InChI is InChI=1S/C13H12N2O4/c1-2-8-5-12(19-15-8)13(16)14-9-3-4-10-11(6-9)18-7-17-10/h3-6H,2,7H2,1H3,(H,14,16). The van der Waals surface area contributed by atoms with Crippen LogP contribution in [0.4, 0.5) is 5.69 Å². The predicted octanol–water partition coefficient (Wildman–Crippen LogP) is 2.22. The summed E-state index contributed by atoms with van der Waals surface area (Å²) in [6.07, 6.45) is 0.723. The minimum Gasteiger partial charge on any atom is -0.454 e. The molecule has 2 heterocycles. The molecule has 19 heavy (non-hydrogen) atoms. The van der Waals surface area contributed by atoms with Crippen molar-refractivity contribution in [3.63, 3.8) is 0 Å². The van der Waals surface area contributed by atoms with E-state index in [4.69, 9.17) is 14.0 Å². The van der Waals surface area contributed by atoms with Crippen LogP contribution in [0.25, 0.3) is 0 Å². The second-order valence-corrected chi connectivity index (χ2v) is 4.06. The van der Waals surface area contributed by atoms with E-state index in [1.807, 2.05) is 6.92 Å². The number of amides is 1. The van der Waals surface area contributed by atoms with Gasteiger partial charge >= 0.3 is 0 Å². The number of fused-ring (bicyclic) bond motifs is 1. The van der Waals surface area contributed by atoms with Crippen LogP contribution >= 0.6 is 0 Å². The van der Waals surface area contributed by atoms with Gasteiger partial charge in [0.25, 0.3) is 5.91 Å². The van der Waals surface area contributed by atoms with E-state index in [0.29, 0.717) is 17.2 Å². The third kappa shape index (κ3) is 2.24. The molecule has 6 heteroatoms. The van der Waals surface area contributed by atoms with Gasteiger partial charge in [0.15, 0.2) is 11.5 Å². The zero-order chi connectivity index (χ0) is 13.2. The molecule has 1 aliphatic rings. The number of aromatic nitrogens is 1. The summed E-state index contributed by atoms with van der Waals surface area (Å²) in [5.74, 6) is 1.14. The van der Waals surface area contributed by atoms with Crippen molar-refractivity contribution >= 4 is 11.6 Å². The fourth-order valence-electron chi connectivity index (χ4n) is 1.75. The van der Waals surface area contributed by atoms with Crippen LogP contribution in [0.5, 0.6) is 11.5 Å². The SMILES string of the molecule is CCc1cc(C(=O)Nc2ccc3c(c2)OCO3)on1. The molecule has 1 aromatic heterocycles. The molecule has 0 bridgehead atoms. The summed E-state index contributed by atoms with van der Waals surface area (Å²) in [6, 6.07) is 6.82. The lowest BCUT2D eigenvalue weighted by atomic mass is 10.2. The molecular formula is C13H12N2O4. The Balaban J connectivity index is 1.75. The molecule has 0 saturated carbocycles. The van der Waals surface area contributed by atoms with E-state index >= 15 is 0 Å². The first-order valence-corrected chi connectivity index (χ1v) is 5.93. The van der Waals surface area contributed by atoms with Gasteiger partial charge in [-0.1, -0.05) is 12.1 Å². The molecule has 1 aliphatic heterocycles. The number of hydrogen-bond donors (Lipinski definition) is 1. The van der Waals surface area contributed by atoms with Gasteiger partial charge in [-0.05, 0) is 18.6 Å². The van der Waals surface area contributed by atoms with Gasteiger partial charge in [-0.3, -0.25) is 4.79 Å². The molecule has 0 saturated heterocycles. The Morgan fingerprint density at radius 2 is 2.16 bits per heavy atom. The first-order valence-electron chi connectivity index (χ1n) is 5.93. The van der Waals surface area contributed by atoms with Crippen LogP contribution in [0.2, 0.25) is 0 Å². The van der Waals surface area contributed by atoms with Crippen molar-refractivity contribution in [3.05, 3.63) is 35.7 Å². The van der Waals surface area contributed by atoms with Crippen LogP contribution in [-0.2, 0) is 6.42 Å². The number of carbonyl (C=O) groups is 1. The van der Waals surface area contributed by atoms with Gasteiger partial charge < -0.3 is 19.3 Å². The summed E-state index contributed by atoms with van der Waals surface area (Å²) < 4.78 is 15.4. The van der Waals surface area contributed by atoms with Gasteiger partial charge in [-0.25, -0.2) is 0 Å². The number of rotatable bonds is 3. The largest absolute Gasteiger partial charge is 0.454 e. The molecule has 6 nitrogen and oxygen atoms in total.